The number of aliphatic hydroxyl groups is 1. The first-order valence-corrected chi connectivity index (χ1v) is 11.6. The summed E-state index contributed by atoms with van der Waals surface area (Å²) in [6.07, 6.45) is 6.17. The van der Waals surface area contributed by atoms with Crippen molar-refractivity contribution in [1.29, 1.82) is 0 Å². The van der Waals surface area contributed by atoms with Gasteiger partial charge in [0, 0.05) is 24.2 Å². The first-order chi connectivity index (χ1) is 15.1. The molecule has 7 nitrogen and oxygen atoms in total. The number of hydrogen-bond donors (Lipinski definition) is 3. The first-order valence-electron chi connectivity index (χ1n) is 10.8. The van der Waals surface area contributed by atoms with Crippen LogP contribution in [0.5, 0.6) is 5.75 Å². The SMILES string of the molecule is COc1ccc(-c2nc(CC3(O)CCNCC3)sc2-c2ccnc(NC3CC3)n2)cc1. The van der Waals surface area contributed by atoms with Crippen LogP contribution in [0.15, 0.2) is 36.5 Å². The summed E-state index contributed by atoms with van der Waals surface area (Å²) in [6.45, 7) is 1.67. The molecule has 2 aromatic heterocycles. The van der Waals surface area contributed by atoms with Gasteiger partial charge < -0.3 is 20.5 Å². The van der Waals surface area contributed by atoms with Gasteiger partial charge in [-0.2, -0.15) is 0 Å². The fourth-order valence-corrected chi connectivity index (χ4v) is 5.07. The van der Waals surface area contributed by atoms with Gasteiger partial charge in [0.15, 0.2) is 0 Å². The molecule has 2 fully saturated rings. The smallest absolute Gasteiger partial charge is 0.223 e. The molecule has 3 heterocycles. The summed E-state index contributed by atoms with van der Waals surface area (Å²) in [7, 11) is 1.66. The average Bonchev–Trinajstić information content (AvgIpc) is 3.51. The van der Waals surface area contributed by atoms with Crippen LogP contribution in [0.25, 0.3) is 21.8 Å². The molecule has 1 aliphatic heterocycles. The third-order valence-corrected chi connectivity index (χ3v) is 6.93. The highest BCUT2D eigenvalue weighted by Gasteiger charge is 2.31. The molecule has 0 bridgehead atoms. The van der Waals surface area contributed by atoms with Crippen LogP contribution in [-0.2, 0) is 6.42 Å². The molecule has 1 aliphatic carbocycles. The number of hydrogen-bond acceptors (Lipinski definition) is 8. The molecule has 3 N–H and O–H groups in total. The molecular weight excluding hydrogens is 410 g/mol. The number of nitrogens with one attached hydrogen (secondary N) is 2. The summed E-state index contributed by atoms with van der Waals surface area (Å²) in [5.41, 5.74) is 2.04. The zero-order valence-corrected chi connectivity index (χ0v) is 18.4. The lowest BCUT2D eigenvalue weighted by Gasteiger charge is -2.31. The number of anilines is 1. The molecule has 0 amide bonds. The van der Waals surface area contributed by atoms with E-state index in [1.54, 1.807) is 24.6 Å². The Morgan fingerprint density at radius 3 is 2.65 bits per heavy atom. The number of aromatic nitrogens is 3. The lowest BCUT2D eigenvalue weighted by Crippen LogP contribution is -2.43. The third-order valence-electron chi connectivity index (χ3n) is 5.85. The number of rotatable bonds is 7. The average molecular weight is 438 g/mol. The van der Waals surface area contributed by atoms with Crippen LogP contribution < -0.4 is 15.4 Å². The third kappa shape index (κ3) is 4.71. The predicted molar refractivity (Wildman–Crippen MR) is 123 cm³/mol. The van der Waals surface area contributed by atoms with Crippen molar-refractivity contribution in [2.75, 3.05) is 25.5 Å². The second-order valence-electron chi connectivity index (χ2n) is 8.35. The fraction of sp³-hybridized carbons (Fsp3) is 0.435. The zero-order valence-electron chi connectivity index (χ0n) is 17.6. The maximum Gasteiger partial charge on any atom is 0.223 e. The van der Waals surface area contributed by atoms with Crippen LogP contribution in [0, 0.1) is 0 Å². The van der Waals surface area contributed by atoms with Crippen molar-refractivity contribution < 1.29 is 9.84 Å². The summed E-state index contributed by atoms with van der Waals surface area (Å²) in [5, 5.41) is 18.7. The van der Waals surface area contributed by atoms with Crippen molar-refractivity contribution in [2.45, 2.75) is 43.7 Å². The maximum atomic E-state index is 11.1. The molecule has 5 rings (SSSR count). The van der Waals surface area contributed by atoms with E-state index < -0.39 is 5.60 Å². The molecule has 1 saturated heterocycles. The Hall–Kier alpha value is -2.55. The number of methoxy groups -OCH3 is 1. The number of thiazole rings is 1. The van der Waals surface area contributed by atoms with Crippen LogP contribution in [0.4, 0.5) is 5.95 Å². The van der Waals surface area contributed by atoms with Gasteiger partial charge in [0.1, 0.15) is 5.75 Å². The predicted octanol–water partition coefficient (Wildman–Crippen LogP) is 3.51. The van der Waals surface area contributed by atoms with Crippen LogP contribution in [-0.4, -0.2) is 51.9 Å². The molecule has 0 radical (unpaired) electrons. The first kappa shape index (κ1) is 20.4. The largest absolute Gasteiger partial charge is 0.497 e. The molecule has 1 aromatic carbocycles. The summed E-state index contributed by atoms with van der Waals surface area (Å²) in [5.74, 6) is 1.47. The van der Waals surface area contributed by atoms with Gasteiger partial charge in [-0.15, -0.1) is 11.3 Å². The highest BCUT2D eigenvalue weighted by atomic mass is 32.1. The summed E-state index contributed by atoms with van der Waals surface area (Å²) in [6, 6.07) is 10.3. The van der Waals surface area contributed by atoms with E-state index in [0.29, 0.717) is 18.4 Å². The molecule has 162 valence electrons. The topological polar surface area (TPSA) is 92.2 Å². The van der Waals surface area contributed by atoms with E-state index in [4.69, 9.17) is 14.7 Å². The van der Waals surface area contributed by atoms with Crippen molar-refractivity contribution in [1.82, 2.24) is 20.3 Å². The van der Waals surface area contributed by atoms with Gasteiger partial charge in [0.05, 0.1) is 34.0 Å². The van der Waals surface area contributed by atoms with Crippen molar-refractivity contribution in [3.8, 4) is 27.6 Å². The number of nitrogens with zero attached hydrogens (tertiary/aromatic N) is 3. The minimum absolute atomic E-state index is 0.488. The minimum atomic E-state index is -0.706. The molecule has 0 unspecified atom stereocenters. The van der Waals surface area contributed by atoms with E-state index >= 15 is 0 Å². The monoisotopic (exact) mass is 437 g/mol. The Kier molecular flexibility index (Phi) is 5.60. The Morgan fingerprint density at radius 1 is 1.16 bits per heavy atom. The fourth-order valence-electron chi connectivity index (χ4n) is 3.87. The van der Waals surface area contributed by atoms with Crippen molar-refractivity contribution in [3.05, 3.63) is 41.5 Å². The molecule has 0 spiro atoms. The van der Waals surface area contributed by atoms with Crippen molar-refractivity contribution >= 4 is 17.3 Å². The number of ether oxygens (including phenoxy) is 1. The molecule has 2 aliphatic rings. The minimum Gasteiger partial charge on any atom is -0.497 e. The molecule has 3 aromatic rings. The van der Waals surface area contributed by atoms with E-state index in [9.17, 15) is 5.11 Å². The summed E-state index contributed by atoms with van der Waals surface area (Å²) < 4.78 is 5.31. The Morgan fingerprint density at radius 2 is 1.94 bits per heavy atom. The molecular formula is C23H27N5O2S. The second-order valence-corrected chi connectivity index (χ2v) is 9.43. The maximum absolute atomic E-state index is 11.1. The van der Waals surface area contributed by atoms with Crippen molar-refractivity contribution in [3.63, 3.8) is 0 Å². The van der Waals surface area contributed by atoms with E-state index in [0.717, 1.165) is 58.5 Å². The summed E-state index contributed by atoms with van der Waals surface area (Å²) in [4.78, 5) is 15.1. The van der Waals surface area contributed by atoms with Gasteiger partial charge in [-0.3, -0.25) is 0 Å². The molecule has 1 saturated carbocycles. The quantitative estimate of drug-likeness (QED) is 0.521. The van der Waals surface area contributed by atoms with Crippen LogP contribution >= 0.6 is 11.3 Å². The number of piperidine rings is 1. The Balaban J connectivity index is 1.52. The van der Waals surface area contributed by atoms with Crippen molar-refractivity contribution in [2.24, 2.45) is 0 Å². The Bertz CT molecular complexity index is 1040. The second kappa shape index (κ2) is 8.53. The van der Waals surface area contributed by atoms with Gasteiger partial charge in [0.25, 0.3) is 0 Å². The lowest BCUT2D eigenvalue weighted by molar-refractivity contribution is 0.0108. The van der Waals surface area contributed by atoms with E-state index in [2.05, 4.69) is 15.6 Å². The molecule has 31 heavy (non-hydrogen) atoms. The number of benzene rings is 1. The highest BCUT2D eigenvalue weighted by Crippen LogP contribution is 2.39. The standard InChI is InChI=1S/C23H27N5O2S/c1-30-17-6-2-15(3-7-17)20-21(18-8-11-25-22(27-18)26-16-4-5-16)31-19(28-20)14-23(29)9-12-24-13-10-23/h2-3,6-8,11,16,24,29H,4-5,9-10,12-14H2,1H3,(H,25,26,27). The van der Waals surface area contributed by atoms with E-state index in [1.165, 1.54) is 12.8 Å². The van der Waals surface area contributed by atoms with Gasteiger partial charge in [-0.25, -0.2) is 15.0 Å². The van der Waals surface area contributed by atoms with Gasteiger partial charge in [0.2, 0.25) is 5.95 Å². The molecule has 0 atom stereocenters. The highest BCUT2D eigenvalue weighted by molar-refractivity contribution is 7.15. The van der Waals surface area contributed by atoms with Crippen LogP contribution in [0.3, 0.4) is 0 Å². The lowest BCUT2D eigenvalue weighted by atomic mass is 9.89. The van der Waals surface area contributed by atoms with Crippen LogP contribution in [0.2, 0.25) is 0 Å². The van der Waals surface area contributed by atoms with Gasteiger partial charge in [-0.1, -0.05) is 0 Å². The van der Waals surface area contributed by atoms with Crippen LogP contribution in [0.1, 0.15) is 30.7 Å². The normalized spacial score (nSPS) is 18.0. The van der Waals surface area contributed by atoms with E-state index in [1.807, 2.05) is 30.3 Å². The van der Waals surface area contributed by atoms with Gasteiger partial charge in [-0.05, 0) is 69.1 Å². The van der Waals surface area contributed by atoms with E-state index in [-0.39, 0.29) is 0 Å². The summed E-state index contributed by atoms with van der Waals surface area (Å²) >= 11 is 1.61. The molecule has 8 heteroatoms. The zero-order chi connectivity index (χ0) is 21.3. The Labute approximate surface area is 185 Å². The van der Waals surface area contributed by atoms with Gasteiger partial charge >= 0.3 is 0 Å².